The van der Waals surface area contributed by atoms with Gasteiger partial charge in [-0.3, -0.25) is 4.79 Å². The summed E-state index contributed by atoms with van der Waals surface area (Å²) < 4.78 is 28.5. The molecule has 0 radical (unpaired) electrons. The number of carbonyl (C=O) groups excluding carboxylic acids is 2. The van der Waals surface area contributed by atoms with E-state index in [1.54, 1.807) is 20.8 Å². The van der Waals surface area contributed by atoms with Crippen LogP contribution in [0.25, 0.3) is 0 Å². The normalized spacial score (nSPS) is 32.5. The van der Waals surface area contributed by atoms with Gasteiger partial charge in [-0.25, -0.2) is 13.2 Å². The summed E-state index contributed by atoms with van der Waals surface area (Å²) in [6.07, 6.45) is 0.250. The molecule has 2 aliphatic rings. The number of alkyl carbamates (subject to hydrolysis) is 1. The van der Waals surface area contributed by atoms with Gasteiger partial charge in [-0.1, -0.05) is 0 Å². The molecule has 1 saturated carbocycles. The predicted octanol–water partition coefficient (Wildman–Crippen LogP) is 0.903. The number of hydrogen-bond donors (Lipinski definition) is 1. The molecule has 114 valence electrons. The fraction of sp³-hybridized carbons (Fsp3) is 0.846. The highest BCUT2D eigenvalue weighted by Gasteiger charge is 2.45. The number of amides is 1. The van der Waals surface area contributed by atoms with Crippen molar-refractivity contribution in [1.29, 1.82) is 0 Å². The monoisotopic (exact) mass is 303 g/mol. The Hall–Kier alpha value is -1.11. The Labute approximate surface area is 119 Å². The average Bonchev–Trinajstić information content (AvgIpc) is 2.18. The van der Waals surface area contributed by atoms with Crippen molar-refractivity contribution in [3.05, 3.63) is 0 Å². The molecule has 0 spiro atoms. The van der Waals surface area contributed by atoms with E-state index < -0.39 is 33.4 Å². The van der Waals surface area contributed by atoms with Crippen molar-refractivity contribution in [2.75, 3.05) is 11.5 Å². The van der Waals surface area contributed by atoms with Crippen LogP contribution in [0.2, 0.25) is 0 Å². The lowest BCUT2D eigenvalue weighted by Gasteiger charge is -2.37. The molecule has 1 heterocycles. The van der Waals surface area contributed by atoms with Crippen LogP contribution >= 0.6 is 0 Å². The summed E-state index contributed by atoms with van der Waals surface area (Å²) in [5.41, 5.74) is -0.576. The zero-order chi connectivity index (χ0) is 15.1. The molecular weight excluding hydrogens is 282 g/mol. The second-order valence-electron chi connectivity index (χ2n) is 6.69. The molecular formula is C13H21NO5S. The fourth-order valence-corrected chi connectivity index (χ4v) is 4.89. The first-order valence-corrected chi connectivity index (χ1v) is 8.61. The molecule has 0 aromatic carbocycles. The summed E-state index contributed by atoms with van der Waals surface area (Å²) in [6, 6.07) is -0.187. The standard InChI is InChI=1S/C13H21NO5S/c1-13(2,3)19-12(16)14-10-4-8-6-20(17,18)7-9(5-10)11(8)15/h8-10H,4-7H2,1-3H3,(H,14,16)/t8-,9+,10?. The highest BCUT2D eigenvalue weighted by Crippen LogP contribution is 2.33. The van der Waals surface area contributed by atoms with Crippen molar-refractivity contribution in [3.63, 3.8) is 0 Å². The minimum atomic E-state index is -3.12. The lowest BCUT2D eigenvalue weighted by molar-refractivity contribution is -0.128. The van der Waals surface area contributed by atoms with Crippen LogP contribution in [0, 0.1) is 11.8 Å². The highest BCUT2D eigenvalue weighted by atomic mass is 32.2. The molecule has 1 aliphatic heterocycles. The molecule has 6 nitrogen and oxygen atoms in total. The number of ether oxygens (including phenoxy) is 1. The third kappa shape index (κ3) is 3.71. The number of Topliss-reactive ketones (excluding diaryl/α,β-unsaturated/α-hetero) is 1. The first-order chi connectivity index (χ1) is 9.06. The Bertz CT molecular complexity index is 495. The molecule has 2 fully saturated rings. The predicted molar refractivity (Wildman–Crippen MR) is 73.0 cm³/mol. The van der Waals surface area contributed by atoms with Gasteiger partial charge in [0.2, 0.25) is 0 Å². The van der Waals surface area contributed by atoms with Crippen molar-refractivity contribution in [3.8, 4) is 0 Å². The average molecular weight is 303 g/mol. The van der Waals surface area contributed by atoms with E-state index in [1.165, 1.54) is 0 Å². The maximum Gasteiger partial charge on any atom is 0.407 e. The largest absolute Gasteiger partial charge is 0.444 e. The number of fused-ring (bicyclic) bond motifs is 2. The van der Waals surface area contributed by atoms with Crippen LogP contribution in [0.4, 0.5) is 4.79 Å². The number of sulfone groups is 1. The summed E-state index contributed by atoms with van der Waals surface area (Å²) in [5, 5.41) is 2.74. The molecule has 1 aliphatic carbocycles. The molecule has 1 N–H and O–H groups in total. The van der Waals surface area contributed by atoms with E-state index in [-0.39, 0.29) is 23.3 Å². The van der Waals surface area contributed by atoms with E-state index in [9.17, 15) is 18.0 Å². The highest BCUT2D eigenvalue weighted by molar-refractivity contribution is 7.91. The maximum absolute atomic E-state index is 11.9. The van der Waals surface area contributed by atoms with E-state index in [0.29, 0.717) is 12.8 Å². The van der Waals surface area contributed by atoms with Crippen LogP contribution in [0.15, 0.2) is 0 Å². The third-order valence-corrected chi connectivity index (χ3v) is 5.39. The molecule has 1 amide bonds. The number of ketones is 1. The molecule has 0 aromatic heterocycles. The molecule has 2 rings (SSSR count). The first-order valence-electron chi connectivity index (χ1n) is 6.79. The van der Waals surface area contributed by atoms with Gasteiger partial charge in [0.15, 0.2) is 9.84 Å². The van der Waals surface area contributed by atoms with Gasteiger partial charge in [0.05, 0.1) is 11.5 Å². The van der Waals surface area contributed by atoms with E-state index in [0.717, 1.165) is 0 Å². The van der Waals surface area contributed by atoms with Crippen molar-refractivity contribution in [2.45, 2.75) is 45.3 Å². The summed E-state index contributed by atoms with van der Waals surface area (Å²) in [5.74, 6) is -1.11. The molecule has 3 atom stereocenters. The topological polar surface area (TPSA) is 89.5 Å². The zero-order valence-electron chi connectivity index (χ0n) is 12.0. The van der Waals surface area contributed by atoms with Crippen LogP contribution in [0.3, 0.4) is 0 Å². The molecule has 2 bridgehead atoms. The second-order valence-corrected chi connectivity index (χ2v) is 8.84. The summed E-state index contributed by atoms with van der Waals surface area (Å²) in [7, 11) is -3.12. The van der Waals surface area contributed by atoms with Gasteiger partial charge in [-0.2, -0.15) is 0 Å². The van der Waals surface area contributed by atoms with Gasteiger partial charge in [-0.15, -0.1) is 0 Å². The minimum absolute atomic E-state index is 0.0297. The lowest BCUT2D eigenvalue weighted by atomic mass is 9.78. The SMILES string of the molecule is CC(C)(C)OC(=O)NC1C[C@@H]2CS(=O)(=O)C[C@H](C1)C2=O. The van der Waals surface area contributed by atoms with E-state index in [4.69, 9.17) is 4.74 Å². The quantitative estimate of drug-likeness (QED) is 0.777. The Morgan fingerprint density at radius 3 is 2.15 bits per heavy atom. The second kappa shape index (κ2) is 5.02. The molecule has 1 saturated heterocycles. The number of nitrogens with one attached hydrogen (secondary N) is 1. The van der Waals surface area contributed by atoms with Crippen molar-refractivity contribution in [2.24, 2.45) is 11.8 Å². The summed E-state index contributed by atoms with van der Waals surface area (Å²) >= 11 is 0. The minimum Gasteiger partial charge on any atom is -0.444 e. The van der Waals surface area contributed by atoms with Gasteiger partial charge in [0.1, 0.15) is 11.4 Å². The Morgan fingerprint density at radius 2 is 1.70 bits per heavy atom. The smallest absolute Gasteiger partial charge is 0.407 e. The van der Waals surface area contributed by atoms with E-state index >= 15 is 0 Å². The lowest BCUT2D eigenvalue weighted by Crippen LogP contribution is -2.52. The van der Waals surface area contributed by atoms with Gasteiger partial charge in [0, 0.05) is 17.9 Å². The van der Waals surface area contributed by atoms with Crippen LogP contribution in [0.1, 0.15) is 33.6 Å². The van der Waals surface area contributed by atoms with Crippen LogP contribution in [0.5, 0.6) is 0 Å². The molecule has 7 heteroatoms. The summed E-state index contributed by atoms with van der Waals surface area (Å²) in [4.78, 5) is 23.7. The third-order valence-electron chi connectivity index (χ3n) is 3.57. The van der Waals surface area contributed by atoms with E-state index in [1.807, 2.05) is 0 Å². The van der Waals surface area contributed by atoms with Gasteiger partial charge < -0.3 is 10.1 Å². The van der Waals surface area contributed by atoms with Crippen LogP contribution < -0.4 is 5.32 Å². The van der Waals surface area contributed by atoms with E-state index in [2.05, 4.69) is 5.32 Å². The van der Waals surface area contributed by atoms with Crippen LogP contribution in [-0.2, 0) is 19.4 Å². The first kappa shape index (κ1) is 15.3. The maximum atomic E-state index is 11.9. The van der Waals surface area contributed by atoms with Crippen molar-refractivity contribution in [1.82, 2.24) is 5.32 Å². The molecule has 0 aromatic rings. The van der Waals surface area contributed by atoms with Gasteiger partial charge >= 0.3 is 6.09 Å². The fourth-order valence-electron chi connectivity index (χ4n) is 2.92. The Kier molecular flexibility index (Phi) is 3.83. The molecule has 20 heavy (non-hydrogen) atoms. The summed E-state index contributed by atoms with van der Waals surface area (Å²) in [6.45, 7) is 5.33. The Balaban J connectivity index is 1.98. The number of carbonyl (C=O) groups is 2. The van der Waals surface area contributed by atoms with Gasteiger partial charge in [0.25, 0.3) is 0 Å². The Morgan fingerprint density at radius 1 is 1.20 bits per heavy atom. The number of hydrogen-bond acceptors (Lipinski definition) is 5. The van der Waals surface area contributed by atoms with Crippen molar-refractivity contribution < 1.29 is 22.7 Å². The zero-order valence-corrected chi connectivity index (χ0v) is 12.8. The number of rotatable bonds is 1. The molecule has 1 unspecified atom stereocenters. The van der Waals surface area contributed by atoms with Crippen molar-refractivity contribution >= 4 is 21.7 Å². The van der Waals surface area contributed by atoms with Crippen LogP contribution in [-0.4, -0.2) is 43.4 Å². The van der Waals surface area contributed by atoms with Gasteiger partial charge in [-0.05, 0) is 33.6 Å².